The number of nitrogens with zero attached hydrogens (tertiary/aromatic N) is 1. The van der Waals surface area contributed by atoms with Crippen LogP contribution in [0.1, 0.15) is 19.3 Å². The Kier molecular flexibility index (Phi) is 7.39. The molecule has 1 atom stereocenters. The van der Waals surface area contributed by atoms with Crippen LogP contribution in [-0.2, 0) is 24.3 Å². The minimum absolute atomic E-state index is 0.0771. The van der Waals surface area contributed by atoms with Gasteiger partial charge < -0.3 is 19.5 Å². The fourth-order valence-corrected chi connectivity index (χ4v) is 3.45. The molecule has 26 heavy (non-hydrogen) atoms. The van der Waals surface area contributed by atoms with Crippen LogP contribution in [0.15, 0.2) is 23.1 Å². The van der Waals surface area contributed by atoms with E-state index >= 15 is 0 Å². The number of methoxy groups -OCH3 is 1. The van der Waals surface area contributed by atoms with E-state index in [0.717, 1.165) is 23.8 Å². The van der Waals surface area contributed by atoms with E-state index in [2.05, 4.69) is 5.32 Å². The molecule has 1 heterocycles. The largest absolute Gasteiger partial charge is 0.495 e. The van der Waals surface area contributed by atoms with E-state index in [0.29, 0.717) is 18.0 Å². The molecule has 0 spiro atoms. The molecular weight excluding hydrogens is 360 g/mol. The lowest BCUT2D eigenvalue weighted by atomic mass is 10.2. The van der Waals surface area contributed by atoms with E-state index in [9.17, 15) is 13.2 Å². The predicted molar refractivity (Wildman–Crippen MR) is 96.9 cm³/mol. The molecule has 1 aliphatic heterocycles. The zero-order valence-electron chi connectivity index (χ0n) is 15.4. The minimum atomic E-state index is -3.60. The van der Waals surface area contributed by atoms with Crippen LogP contribution in [0.3, 0.4) is 0 Å². The van der Waals surface area contributed by atoms with E-state index < -0.39 is 10.0 Å². The maximum Gasteiger partial charge on any atom is 0.242 e. The Morgan fingerprint density at radius 3 is 2.77 bits per heavy atom. The van der Waals surface area contributed by atoms with Gasteiger partial charge in [-0.2, -0.15) is 0 Å². The lowest BCUT2D eigenvalue weighted by Gasteiger charge is -2.15. The zero-order chi connectivity index (χ0) is 19.2. The molecule has 1 fully saturated rings. The van der Waals surface area contributed by atoms with E-state index in [1.165, 1.54) is 39.4 Å². The Labute approximate surface area is 154 Å². The summed E-state index contributed by atoms with van der Waals surface area (Å²) in [6.07, 6.45) is 2.29. The van der Waals surface area contributed by atoms with Gasteiger partial charge in [0.25, 0.3) is 0 Å². The van der Waals surface area contributed by atoms with Crippen LogP contribution in [-0.4, -0.2) is 65.8 Å². The van der Waals surface area contributed by atoms with Crippen molar-refractivity contribution < 1.29 is 27.4 Å². The maximum atomic E-state index is 12.2. The molecule has 0 aromatic heterocycles. The smallest absolute Gasteiger partial charge is 0.242 e. The molecule has 0 saturated carbocycles. The summed E-state index contributed by atoms with van der Waals surface area (Å²) in [4.78, 5) is 12.2. The van der Waals surface area contributed by atoms with Crippen LogP contribution in [0.4, 0.5) is 5.69 Å². The molecule has 1 aromatic carbocycles. The summed E-state index contributed by atoms with van der Waals surface area (Å²) in [5, 5.41) is 2.68. The van der Waals surface area contributed by atoms with Crippen molar-refractivity contribution in [1.29, 1.82) is 0 Å². The van der Waals surface area contributed by atoms with Crippen molar-refractivity contribution >= 4 is 21.6 Å². The number of carbonyl (C=O) groups is 1. The number of carbonyl (C=O) groups excluding carboxylic acids is 1. The summed E-state index contributed by atoms with van der Waals surface area (Å²) in [5.74, 6) is 0.103. The topological polar surface area (TPSA) is 94.2 Å². The normalized spacial score (nSPS) is 17.5. The van der Waals surface area contributed by atoms with E-state index in [-0.39, 0.29) is 29.9 Å². The SMILES string of the molecule is COc1ccc(S(=O)(=O)N(C)C)cc1NC(=O)CCOCC1CCCO1. The first-order valence-corrected chi connectivity index (χ1v) is 9.88. The maximum absolute atomic E-state index is 12.2. The summed E-state index contributed by atoms with van der Waals surface area (Å²) in [5.41, 5.74) is 0.305. The molecule has 1 aromatic rings. The summed E-state index contributed by atoms with van der Waals surface area (Å²) >= 11 is 0. The number of hydrogen-bond acceptors (Lipinski definition) is 6. The Bertz CT molecular complexity index is 714. The summed E-state index contributed by atoms with van der Waals surface area (Å²) in [6.45, 7) is 1.51. The fourth-order valence-electron chi connectivity index (χ4n) is 2.52. The molecule has 0 radical (unpaired) electrons. The second kappa shape index (κ2) is 9.31. The first-order chi connectivity index (χ1) is 12.3. The first-order valence-electron chi connectivity index (χ1n) is 8.44. The number of rotatable bonds is 9. The Balaban J connectivity index is 1.94. The van der Waals surface area contributed by atoms with Crippen molar-refractivity contribution in [3.8, 4) is 5.75 Å². The highest BCUT2D eigenvalue weighted by molar-refractivity contribution is 7.89. The molecule has 0 bridgehead atoms. The monoisotopic (exact) mass is 386 g/mol. The minimum Gasteiger partial charge on any atom is -0.495 e. The van der Waals surface area contributed by atoms with Gasteiger partial charge in [-0.1, -0.05) is 0 Å². The van der Waals surface area contributed by atoms with Crippen LogP contribution in [0.2, 0.25) is 0 Å². The number of hydrogen-bond donors (Lipinski definition) is 1. The van der Waals surface area contributed by atoms with Crippen molar-refractivity contribution in [3.05, 3.63) is 18.2 Å². The van der Waals surface area contributed by atoms with Crippen LogP contribution >= 0.6 is 0 Å². The van der Waals surface area contributed by atoms with Gasteiger partial charge in [-0.25, -0.2) is 12.7 Å². The highest BCUT2D eigenvalue weighted by Crippen LogP contribution is 2.28. The lowest BCUT2D eigenvalue weighted by molar-refractivity contribution is -0.117. The summed E-state index contributed by atoms with van der Waals surface area (Å²) in [6, 6.07) is 4.34. The third-order valence-corrected chi connectivity index (χ3v) is 5.84. The Morgan fingerprint density at radius 1 is 1.38 bits per heavy atom. The van der Waals surface area contributed by atoms with Crippen LogP contribution < -0.4 is 10.1 Å². The van der Waals surface area contributed by atoms with Crippen molar-refractivity contribution in [2.75, 3.05) is 46.3 Å². The van der Waals surface area contributed by atoms with Crippen LogP contribution in [0, 0.1) is 0 Å². The van der Waals surface area contributed by atoms with Crippen molar-refractivity contribution in [2.45, 2.75) is 30.3 Å². The van der Waals surface area contributed by atoms with Gasteiger partial charge in [-0.05, 0) is 31.0 Å². The highest BCUT2D eigenvalue weighted by Gasteiger charge is 2.20. The van der Waals surface area contributed by atoms with E-state index in [4.69, 9.17) is 14.2 Å². The Hall–Kier alpha value is -1.68. The molecule has 1 amide bonds. The third-order valence-electron chi connectivity index (χ3n) is 4.02. The molecule has 1 N–H and O–H groups in total. The molecule has 2 rings (SSSR count). The number of amides is 1. The molecular formula is C17H26N2O6S. The molecule has 1 aliphatic rings. The standard InChI is InChI=1S/C17H26N2O6S/c1-19(2)26(21,22)14-6-7-16(23-3)15(11-14)18-17(20)8-10-24-12-13-5-4-9-25-13/h6-7,11,13H,4-5,8-10,12H2,1-3H3,(H,18,20). The van der Waals surface area contributed by atoms with Crippen molar-refractivity contribution in [3.63, 3.8) is 0 Å². The number of ether oxygens (including phenoxy) is 3. The fraction of sp³-hybridized carbons (Fsp3) is 0.588. The van der Waals surface area contributed by atoms with Gasteiger partial charge in [0.1, 0.15) is 5.75 Å². The average molecular weight is 386 g/mol. The van der Waals surface area contributed by atoms with Gasteiger partial charge in [-0.3, -0.25) is 4.79 Å². The molecule has 0 aliphatic carbocycles. The van der Waals surface area contributed by atoms with Crippen molar-refractivity contribution in [2.24, 2.45) is 0 Å². The van der Waals surface area contributed by atoms with Gasteiger partial charge in [0.15, 0.2) is 0 Å². The van der Waals surface area contributed by atoms with E-state index in [1.807, 2.05) is 0 Å². The molecule has 1 saturated heterocycles. The first kappa shape index (κ1) is 20.6. The second-order valence-corrected chi connectivity index (χ2v) is 8.31. The van der Waals surface area contributed by atoms with Crippen LogP contribution in [0.25, 0.3) is 0 Å². The summed E-state index contributed by atoms with van der Waals surface area (Å²) < 4.78 is 41.7. The van der Waals surface area contributed by atoms with Gasteiger partial charge in [0.2, 0.25) is 15.9 Å². The van der Waals surface area contributed by atoms with Crippen molar-refractivity contribution in [1.82, 2.24) is 4.31 Å². The number of anilines is 1. The second-order valence-electron chi connectivity index (χ2n) is 6.16. The molecule has 8 nitrogen and oxygen atoms in total. The molecule has 1 unspecified atom stereocenters. The third kappa shape index (κ3) is 5.41. The van der Waals surface area contributed by atoms with E-state index in [1.54, 1.807) is 0 Å². The van der Waals surface area contributed by atoms with Gasteiger partial charge in [-0.15, -0.1) is 0 Å². The summed E-state index contributed by atoms with van der Waals surface area (Å²) in [7, 11) is 0.747. The number of benzene rings is 1. The molecule has 146 valence electrons. The quantitative estimate of drug-likeness (QED) is 0.646. The number of sulfonamides is 1. The highest BCUT2D eigenvalue weighted by atomic mass is 32.2. The zero-order valence-corrected chi connectivity index (χ0v) is 16.2. The van der Waals surface area contributed by atoms with Gasteiger partial charge >= 0.3 is 0 Å². The van der Waals surface area contributed by atoms with Crippen LogP contribution in [0.5, 0.6) is 5.75 Å². The lowest BCUT2D eigenvalue weighted by Crippen LogP contribution is -2.22. The Morgan fingerprint density at radius 2 is 2.15 bits per heavy atom. The predicted octanol–water partition coefficient (Wildman–Crippen LogP) is 1.47. The average Bonchev–Trinajstić information content (AvgIpc) is 3.12. The van der Waals surface area contributed by atoms with Gasteiger partial charge in [0.05, 0.1) is 43.4 Å². The molecule has 9 heteroatoms. The van der Waals surface area contributed by atoms with Gasteiger partial charge in [0, 0.05) is 20.7 Å². The number of nitrogens with one attached hydrogen (secondary N) is 1.